The molecule has 0 aliphatic carbocycles. The number of morpholine rings is 1. The Morgan fingerprint density at radius 2 is 2.24 bits per heavy atom. The highest BCUT2D eigenvalue weighted by Crippen LogP contribution is 2.22. The fraction of sp³-hybridized carbons (Fsp3) is 0.917. The molecule has 0 radical (unpaired) electrons. The van der Waals surface area contributed by atoms with E-state index >= 15 is 0 Å². The molecular formula is C12H25N3OS. The zero-order valence-electron chi connectivity index (χ0n) is 11.4. The van der Waals surface area contributed by atoms with E-state index in [2.05, 4.69) is 37.6 Å². The van der Waals surface area contributed by atoms with Crippen LogP contribution in [-0.4, -0.2) is 53.7 Å². The van der Waals surface area contributed by atoms with Gasteiger partial charge in [0.25, 0.3) is 0 Å². The third-order valence-electron chi connectivity index (χ3n) is 2.47. The van der Waals surface area contributed by atoms with Crippen molar-refractivity contribution in [3.05, 3.63) is 0 Å². The van der Waals surface area contributed by atoms with E-state index < -0.39 is 0 Å². The Hall–Kier alpha value is -0.420. The molecule has 0 amide bonds. The van der Waals surface area contributed by atoms with Gasteiger partial charge in [-0.05, 0) is 6.92 Å². The molecular weight excluding hydrogens is 234 g/mol. The molecule has 5 heteroatoms. The Balaban J connectivity index is 2.28. The minimum Gasteiger partial charge on any atom is -0.375 e. The first-order chi connectivity index (χ1) is 7.88. The molecule has 0 saturated carbocycles. The number of ether oxygens (including phenoxy) is 1. The second-order valence-electron chi connectivity index (χ2n) is 5.33. The van der Waals surface area contributed by atoms with Gasteiger partial charge in [0, 0.05) is 23.6 Å². The average molecular weight is 259 g/mol. The molecule has 1 rings (SSSR count). The molecule has 1 saturated heterocycles. The number of nitrogens with zero attached hydrogens (tertiary/aromatic N) is 2. The second kappa shape index (κ2) is 6.50. The summed E-state index contributed by atoms with van der Waals surface area (Å²) in [6.07, 6.45) is 0.251. The largest absolute Gasteiger partial charge is 0.375 e. The summed E-state index contributed by atoms with van der Waals surface area (Å²) in [4.78, 5) is 6.54. The molecule has 1 atom stereocenters. The highest BCUT2D eigenvalue weighted by Gasteiger charge is 2.17. The molecule has 1 fully saturated rings. The monoisotopic (exact) mass is 259 g/mol. The van der Waals surface area contributed by atoms with Crippen LogP contribution in [0.4, 0.5) is 0 Å². The van der Waals surface area contributed by atoms with Gasteiger partial charge in [0.1, 0.15) is 0 Å². The molecule has 0 aromatic heterocycles. The van der Waals surface area contributed by atoms with Crippen molar-refractivity contribution in [2.24, 2.45) is 10.7 Å². The third kappa shape index (κ3) is 6.17. The molecule has 1 aliphatic rings. The molecule has 4 nitrogen and oxygen atoms in total. The molecule has 1 heterocycles. The van der Waals surface area contributed by atoms with Crippen LogP contribution in [0.3, 0.4) is 0 Å². The lowest BCUT2D eigenvalue weighted by molar-refractivity contribution is 0.00531. The summed E-state index contributed by atoms with van der Waals surface area (Å²) in [6.45, 7) is 12.0. The topological polar surface area (TPSA) is 50.8 Å². The van der Waals surface area contributed by atoms with E-state index in [0.29, 0.717) is 10.7 Å². The SMILES string of the molecule is CC1CN(C(N)=NCCSC(C)(C)C)CCO1. The number of aliphatic imine (C=N–C) groups is 1. The Labute approximate surface area is 109 Å². The maximum Gasteiger partial charge on any atom is 0.191 e. The van der Waals surface area contributed by atoms with Crippen LogP contribution in [0.25, 0.3) is 0 Å². The first-order valence-corrected chi connectivity index (χ1v) is 7.17. The number of thioether (sulfide) groups is 1. The van der Waals surface area contributed by atoms with Crippen LogP contribution in [0.1, 0.15) is 27.7 Å². The Kier molecular flexibility index (Phi) is 5.59. The summed E-state index contributed by atoms with van der Waals surface area (Å²) in [6, 6.07) is 0. The maximum absolute atomic E-state index is 5.97. The lowest BCUT2D eigenvalue weighted by Gasteiger charge is -2.31. The zero-order valence-corrected chi connectivity index (χ0v) is 12.2. The minimum absolute atomic E-state index is 0.251. The average Bonchev–Trinajstić information content (AvgIpc) is 2.23. The number of rotatable bonds is 3. The van der Waals surface area contributed by atoms with Gasteiger partial charge >= 0.3 is 0 Å². The van der Waals surface area contributed by atoms with Crippen molar-refractivity contribution in [3.8, 4) is 0 Å². The Morgan fingerprint density at radius 1 is 1.53 bits per heavy atom. The number of guanidine groups is 1. The summed E-state index contributed by atoms with van der Waals surface area (Å²) in [7, 11) is 0. The molecule has 0 spiro atoms. The number of hydrogen-bond acceptors (Lipinski definition) is 3. The van der Waals surface area contributed by atoms with Crippen LogP contribution in [0.15, 0.2) is 4.99 Å². The van der Waals surface area contributed by atoms with Crippen LogP contribution in [0.5, 0.6) is 0 Å². The van der Waals surface area contributed by atoms with E-state index in [9.17, 15) is 0 Å². The minimum atomic E-state index is 0.251. The van der Waals surface area contributed by atoms with Gasteiger partial charge < -0.3 is 15.4 Å². The van der Waals surface area contributed by atoms with E-state index in [1.807, 2.05) is 11.8 Å². The molecule has 0 bridgehead atoms. The van der Waals surface area contributed by atoms with Crippen molar-refractivity contribution >= 4 is 17.7 Å². The molecule has 2 N–H and O–H groups in total. The third-order valence-corrected chi connectivity index (χ3v) is 3.72. The van der Waals surface area contributed by atoms with Gasteiger partial charge in [-0.15, -0.1) is 0 Å². The predicted octanol–water partition coefficient (Wildman–Crippen LogP) is 1.55. The summed E-state index contributed by atoms with van der Waals surface area (Å²) < 4.78 is 5.78. The van der Waals surface area contributed by atoms with Gasteiger partial charge in [-0.25, -0.2) is 0 Å². The molecule has 17 heavy (non-hydrogen) atoms. The summed E-state index contributed by atoms with van der Waals surface area (Å²) in [5.41, 5.74) is 5.97. The Morgan fingerprint density at radius 3 is 2.82 bits per heavy atom. The normalized spacial score (nSPS) is 22.9. The quantitative estimate of drug-likeness (QED) is 0.475. The fourth-order valence-electron chi connectivity index (χ4n) is 1.64. The summed E-state index contributed by atoms with van der Waals surface area (Å²) in [5.74, 6) is 1.68. The first kappa shape index (κ1) is 14.6. The zero-order chi connectivity index (χ0) is 12.9. The van der Waals surface area contributed by atoms with Crippen molar-refractivity contribution in [3.63, 3.8) is 0 Å². The molecule has 0 aromatic rings. The standard InChI is InChI=1S/C12H25N3OS/c1-10-9-15(6-7-16-10)11(13)14-5-8-17-12(2,3)4/h10H,5-9H2,1-4H3,(H2,13,14). The van der Waals surface area contributed by atoms with E-state index in [4.69, 9.17) is 10.5 Å². The van der Waals surface area contributed by atoms with Crippen molar-refractivity contribution in [1.82, 2.24) is 4.90 Å². The fourth-order valence-corrected chi connectivity index (χ4v) is 2.43. The van der Waals surface area contributed by atoms with E-state index in [-0.39, 0.29) is 6.10 Å². The van der Waals surface area contributed by atoms with Gasteiger partial charge in [-0.1, -0.05) is 20.8 Å². The van der Waals surface area contributed by atoms with Gasteiger partial charge in [0.2, 0.25) is 0 Å². The summed E-state index contributed by atoms with van der Waals surface area (Å²) >= 11 is 1.92. The molecule has 0 aromatic carbocycles. The number of nitrogens with two attached hydrogens (primary N) is 1. The van der Waals surface area contributed by atoms with Gasteiger partial charge in [-0.2, -0.15) is 11.8 Å². The molecule has 1 aliphatic heterocycles. The first-order valence-electron chi connectivity index (χ1n) is 6.19. The van der Waals surface area contributed by atoms with Crippen molar-refractivity contribution in [2.45, 2.75) is 38.5 Å². The van der Waals surface area contributed by atoms with Crippen LogP contribution >= 0.6 is 11.8 Å². The van der Waals surface area contributed by atoms with E-state index in [1.54, 1.807) is 0 Å². The maximum atomic E-state index is 5.97. The second-order valence-corrected chi connectivity index (χ2v) is 7.25. The van der Waals surface area contributed by atoms with E-state index in [0.717, 1.165) is 32.0 Å². The predicted molar refractivity (Wildman–Crippen MR) is 75.7 cm³/mol. The Bertz CT molecular complexity index is 263. The van der Waals surface area contributed by atoms with Gasteiger partial charge in [0.15, 0.2) is 5.96 Å². The van der Waals surface area contributed by atoms with Crippen molar-refractivity contribution < 1.29 is 4.74 Å². The van der Waals surface area contributed by atoms with Crippen LogP contribution in [0.2, 0.25) is 0 Å². The van der Waals surface area contributed by atoms with Crippen molar-refractivity contribution in [1.29, 1.82) is 0 Å². The number of hydrogen-bond donors (Lipinski definition) is 1. The van der Waals surface area contributed by atoms with Gasteiger partial charge in [0.05, 0.1) is 19.3 Å². The van der Waals surface area contributed by atoms with Crippen LogP contribution in [0, 0.1) is 0 Å². The molecule has 100 valence electrons. The smallest absolute Gasteiger partial charge is 0.191 e. The van der Waals surface area contributed by atoms with Crippen molar-refractivity contribution in [2.75, 3.05) is 32.0 Å². The molecule has 1 unspecified atom stereocenters. The lowest BCUT2D eigenvalue weighted by atomic mass is 10.3. The van der Waals surface area contributed by atoms with E-state index in [1.165, 1.54) is 0 Å². The van der Waals surface area contributed by atoms with Crippen LogP contribution in [-0.2, 0) is 4.74 Å². The lowest BCUT2D eigenvalue weighted by Crippen LogP contribution is -2.48. The summed E-state index contributed by atoms with van der Waals surface area (Å²) in [5, 5.41) is 0. The highest BCUT2D eigenvalue weighted by atomic mass is 32.2. The van der Waals surface area contributed by atoms with Crippen LogP contribution < -0.4 is 5.73 Å². The highest BCUT2D eigenvalue weighted by molar-refractivity contribution is 8.00. The van der Waals surface area contributed by atoms with Gasteiger partial charge in [-0.3, -0.25) is 4.99 Å².